The lowest BCUT2D eigenvalue weighted by Crippen LogP contribution is -2.46. The van der Waals surface area contributed by atoms with E-state index in [0.29, 0.717) is 24.3 Å². The number of rotatable bonds is 3. The molecule has 1 fully saturated rings. The molecule has 1 aliphatic rings. The van der Waals surface area contributed by atoms with Gasteiger partial charge in [0.25, 0.3) is 0 Å². The van der Waals surface area contributed by atoms with Crippen LogP contribution in [-0.4, -0.2) is 28.1 Å². The van der Waals surface area contributed by atoms with Crippen molar-refractivity contribution in [3.63, 3.8) is 0 Å². The Bertz CT molecular complexity index is 593. The number of aliphatic hydroxyl groups is 1. The summed E-state index contributed by atoms with van der Waals surface area (Å²) in [6.45, 7) is 0. The summed E-state index contributed by atoms with van der Waals surface area (Å²) >= 11 is 0. The molecule has 1 aromatic heterocycles. The molecule has 2 N–H and O–H groups in total. The van der Waals surface area contributed by atoms with Crippen LogP contribution >= 0.6 is 0 Å². The molecule has 0 saturated heterocycles. The Labute approximate surface area is 109 Å². The van der Waals surface area contributed by atoms with E-state index in [1.54, 1.807) is 6.08 Å². The highest BCUT2D eigenvalue weighted by Gasteiger charge is 2.27. The van der Waals surface area contributed by atoms with Crippen LogP contribution in [0, 0.1) is 0 Å². The van der Waals surface area contributed by atoms with Gasteiger partial charge in [-0.25, -0.2) is 4.98 Å². The first-order valence-corrected chi connectivity index (χ1v) is 6.23. The number of nitrogens with one attached hydrogen (secondary N) is 1. The van der Waals surface area contributed by atoms with Crippen LogP contribution < -0.4 is 5.32 Å². The average molecular weight is 258 g/mol. The van der Waals surface area contributed by atoms with Crippen molar-refractivity contribution in [2.45, 2.75) is 25.0 Å². The van der Waals surface area contributed by atoms with E-state index < -0.39 is 0 Å². The lowest BCUT2D eigenvalue weighted by atomic mass is 9.89. The molecule has 0 aliphatic heterocycles. The van der Waals surface area contributed by atoms with Crippen molar-refractivity contribution in [1.82, 2.24) is 10.3 Å². The Morgan fingerprint density at radius 1 is 1.42 bits per heavy atom. The molecule has 1 heterocycles. The smallest absolute Gasteiger partial charge is 0.244 e. The lowest BCUT2D eigenvalue weighted by molar-refractivity contribution is -0.118. The molecule has 0 spiro atoms. The minimum Gasteiger partial charge on any atom is -0.437 e. The van der Waals surface area contributed by atoms with Gasteiger partial charge in [0.2, 0.25) is 11.8 Å². The molecule has 0 bridgehead atoms. The summed E-state index contributed by atoms with van der Waals surface area (Å²) in [6, 6.07) is 7.51. The van der Waals surface area contributed by atoms with Crippen molar-refractivity contribution >= 4 is 23.1 Å². The second kappa shape index (κ2) is 4.85. The van der Waals surface area contributed by atoms with Crippen LogP contribution in [0.1, 0.15) is 18.7 Å². The van der Waals surface area contributed by atoms with E-state index in [-0.39, 0.29) is 18.1 Å². The summed E-state index contributed by atoms with van der Waals surface area (Å²) in [6.07, 6.45) is 3.93. The van der Waals surface area contributed by atoms with Crippen molar-refractivity contribution in [2.24, 2.45) is 0 Å². The third-order valence-electron chi connectivity index (χ3n) is 3.15. The molecular weight excluding hydrogens is 244 g/mol. The Morgan fingerprint density at radius 2 is 2.21 bits per heavy atom. The Balaban J connectivity index is 1.63. The summed E-state index contributed by atoms with van der Waals surface area (Å²) in [7, 11) is 0. The normalized spacial score (nSPS) is 22.6. The maximum absolute atomic E-state index is 11.6. The Morgan fingerprint density at radius 3 is 2.95 bits per heavy atom. The number of aromatic nitrogens is 1. The van der Waals surface area contributed by atoms with Crippen molar-refractivity contribution in [2.75, 3.05) is 0 Å². The number of para-hydroxylation sites is 2. The van der Waals surface area contributed by atoms with E-state index in [9.17, 15) is 4.79 Å². The number of hydrogen-bond acceptors (Lipinski definition) is 4. The van der Waals surface area contributed by atoms with Crippen LogP contribution in [0.25, 0.3) is 17.2 Å². The maximum Gasteiger partial charge on any atom is 0.244 e. The minimum atomic E-state index is -0.272. The number of hydrogen-bond donors (Lipinski definition) is 2. The molecule has 0 radical (unpaired) electrons. The summed E-state index contributed by atoms with van der Waals surface area (Å²) in [5, 5.41) is 11.9. The number of carbonyl (C=O) groups is 1. The lowest BCUT2D eigenvalue weighted by Gasteiger charge is -2.31. The van der Waals surface area contributed by atoms with Crippen molar-refractivity contribution in [3.8, 4) is 0 Å². The molecule has 0 unspecified atom stereocenters. The zero-order valence-corrected chi connectivity index (χ0v) is 10.2. The number of fused-ring (bicyclic) bond motifs is 1. The van der Waals surface area contributed by atoms with Gasteiger partial charge in [0.05, 0.1) is 6.10 Å². The van der Waals surface area contributed by atoms with Crippen molar-refractivity contribution < 1.29 is 14.3 Å². The van der Waals surface area contributed by atoms with Crippen molar-refractivity contribution in [3.05, 3.63) is 36.2 Å². The number of oxazole rings is 1. The number of carbonyl (C=O) groups excluding carboxylic acids is 1. The standard InChI is InChI=1S/C14H14N2O3/c17-10-7-9(8-10)15-13(18)5-6-14-16-11-3-1-2-4-12(11)19-14/h1-6,9-10,17H,7-8H2,(H,15,18). The summed E-state index contributed by atoms with van der Waals surface area (Å²) < 4.78 is 5.46. The van der Waals surface area contributed by atoms with Gasteiger partial charge >= 0.3 is 0 Å². The van der Waals surface area contributed by atoms with E-state index in [1.807, 2.05) is 24.3 Å². The number of amides is 1. The van der Waals surface area contributed by atoms with E-state index in [4.69, 9.17) is 9.52 Å². The van der Waals surface area contributed by atoms with Crippen LogP contribution in [0.4, 0.5) is 0 Å². The van der Waals surface area contributed by atoms with E-state index in [2.05, 4.69) is 10.3 Å². The maximum atomic E-state index is 11.6. The zero-order valence-electron chi connectivity index (χ0n) is 10.2. The molecule has 3 rings (SSSR count). The highest BCUT2D eigenvalue weighted by atomic mass is 16.3. The second-order valence-electron chi connectivity index (χ2n) is 4.68. The predicted octanol–water partition coefficient (Wildman–Crippen LogP) is 1.48. The third kappa shape index (κ3) is 2.66. The highest BCUT2D eigenvalue weighted by molar-refractivity contribution is 5.91. The SMILES string of the molecule is O=C(C=Cc1nc2ccccc2o1)NC1CC(O)C1. The van der Waals surface area contributed by atoms with Gasteiger partial charge in [-0.15, -0.1) is 0 Å². The van der Waals surface area contributed by atoms with Crippen LogP contribution in [0.5, 0.6) is 0 Å². The van der Waals surface area contributed by atoms with Crippen LogP contribution in [0.2, 0.25) is 0 Å². The van der Waals surface area contributed by atoms with Gasteiger partial charge < -0.3 is 14.8 Å². The molecule has 1 aromatic carbocycles. The van der Waals surface area contributed by atoms with E-state index in [1.165, 1.54) is 6.08 Å². The molecule has 1 saturated carbocycles. The fourth-order valence-electron chi connectivity index (χ4n) is 2.06. The molecule has 5 nitrogen and oxygen atoms in total. The van der Waals surface area contributed by atoms with E-state index in [0.717, 1.165) is 5.52 Å². The quantitative estimate of drug-likeness (QED) is 0.818. The van der Waals surface area contributed by atoms with Gasteiger partial charge in [-0.3, -0.25) is 4.79 Å². The summed E-state index contributed by atoms with van der Waals surface area (Å²) in [5.41, 5.74) is 1.47. The monoisotopic (exact) mass is 258 g/mol. The molecular formula is C14H14N2O3. The van der Waals surface area contributed by atoms with Crippen molar-refractivity contribution in [1.29, 1.82) is 0 Å². The van der Waals surface area contributed by atoms with Gasteiger partial charge in [0, 0.05) is 18.2 Å². The Hall–Kier alpha value is -2.14. The minimum absolute atomic E-state index is 0.0794. The molecule has 98 valence electrons. The van der Waals surface area contributed by atoms with Crippen LogP contribution in [-0.2, 0) is 4.79 Å². The fourth-order valence-corrected chi connectivity index (χ4v) is 2.06. The van der Waals surface area contributed by atoms with Gasteiger partial charge in [-0.2, -0.15) is 0 Å². The van der Waals surface area contributed by atoms with Gasteiger partial charge in [-0.1, -0.05) is 12.1 Å². The first-order valence-electron chi connectivity index (χ1n) is 6.23. The number of nitrogens with zero attached hydrogens (tertiary/aromatic N) is 1. The largest absolute Gasteiger partial charge is 0.437 e. The first-order chi connectivity index (χ1) is 9.20. The average Bonchev–Trinajstić information content (AvgIpc) is 2.77. The van der Waals surface area contributed by atoms with E-state index >= 15 is 0 Å². The predicted molar refractivity (Wildman–Crippen MR) is 70.2 cm³/mol. The van der Waals surface area contributed by atoms with Gasteiger partial charge in [0.1, 0.15) is 5.52 Å². The van der Waals surface area contributed by atoms with Crippen LogP contribution in [0.3, 0.4) is 0 Å². The number of aliphatic hydroxyl groups excluding tert-OH is 1. The fraction of sp³-hybridized carbons (Fsp3) is 0.286. The second-order valence-corrected chi connectivity index (χ2v) is 4.68. The van der Waals surface area contributed by atoms with Crippen LogP contribution in [0.15, 0.2) is 34.8 Å². The molecule has 5 heteroatoms. The highest BCUT2D eigenvalue weighted by Crippen LogP contribution is 2.19. The Kier molecular flexibility index (Phi) is 3.05. The molecule has 1 aliphatic carbocycles. The number of benzene rings is 1. The van der Waals surface area contributed by atoms with Gasteiger partial charge in [0.15, 0.2) is 5.58 Å². The summed E-state index contributed by atoms with van der Waals surface area (Å²) in [4.78, 5) is 15.8. The zero-order chi connectivity index (χ0) is 13.2. The summed E-state index contributed by atoms with van der Waals surface area (Å²) in [5.74, 6) is 0.212. The first kappa shape index (κ1) is 11.9. The molecule has 2 aromatic rings. The third-order valence-corrected chi connectivity index (χ3v) is 3.15. The molecule has 19 heavy (non-hydrogen) atoms. The topological polar surface area (TPSA) is 75.4 Å². The molecule has 0 atom stereocenters. The van der Waals surface area contributed by atoms with Gasteiger partial charge in [-0.05, 0) is 25.0 Å². The molecule has 1 amide bonds.